The number of nitrogens with zero attached hydrogens (tertiary/aromatic N) is 2. The molecule has 7 heteroatoms. The van der Waals surface area contributed by atoms with Crippen LogP contribution in [0.5, 0.6) is 0 Å². The van der Waals surface area contributed by atoms with Crippen LogP contribution < -0.4 is 16.0 Å². The van der Waals surface area contributed by atoms with E-state index in [-0.39, 0.29) is 11.9 Å². The summed E-state index contributed by atoms with van der Waals surface area (Å²) in [6.45, 7) is 1.64. The van der Waals surface area contributed by atoms with Gasteiger partial charge in [0, 0.05) is 49.4 Å². The maximum Gasteiger partial charge on any atom is 0.254 e. The number of amides is 1. The fourth-order valence-electron chi connectivity index (χ4n) is 3.45. The second kappa shape index (κ2) is 8.45. The van der Waals surface area contributed by atoms with Crippen molar-refractivity contribution in [3.63, 3.8) is 0 Å². The van der Waals surface area contributed by atoms with Crippen molar-refractivity contribution in [1.29, 1.82) is 0 Å². The summed E-state index contributed by atoms with van der Waals surface area (Å²) in [5.41, 5.74) is 1.39. The van der Waals surface area contributed by atoms with Crippen LogP contribution in [0.2, 0.25) is 0 Å². The average Bonchev–Trinajstić information content (AvgIpc) is 2.71. The monoisotopic (exact) mass is 367 g/mol. The Kier molecular flexibility index (Phi) is 5.60. The van der Waals surface area contributed by atoms with Crippen LogP contribution >= 0.6 is 0 Å². The van der Waals surface area contributed by atoms with E-state index in [0.29, 0.717) is 23.6 Å². The summed E-state index contributed by atoms with van der Waals surface area (Å²) in [7, 11) is 0. The Bertz CT molecular complexity index is 747. The molecule has 0 unspecified atom stereocenters. The highest BCUT2D eigenvalue weighted by Crippen LogP contribution is 2.22. The van der Waals surface area contributed by atoms with Gasteiger partial charge >= 0.3 is 0 Å². The number of para-hydroxylation sites is 1. The minimum atomic E-state index is -0.121. The van der Waals surface area contributed by atoms with Crippen molar-refractivity contribution in [2.24, 2.45) is 0 Å². The van der Waals surface area contributed by atoms with Crippen LogP contribution in [0.25, 0.3) is 0 Å². The summed E-state index contributed by atoms with van der Waals surface area (Å²) < 4.78 is 5.40. The third-order valence-electron chi connectivity index (χ3n) is 5.21. The number of aromatic nitrogens is 2. The summed E-state index contributed by atoms with van der Waals surface area (Å²) in [6.07, 6.45) is 7.31. The molecule has 2 aliphatic rings. The highest BCUT2D eigenvalue weighted by atomic mass is 16.5. The normalized spacial score (nSPS) is 22.7. The smallest absolute Gasteiger partial charge is 0.254 e. The van der Waals surface area contributed by atoms with Gasteiger partial charge in [0.15, 0.2) is 0 Å². The van der Waals surface area contributed by atoms with E-state index in [1.165, 1.54) is 0 Å². The molecule has 142 valence electrons. The molecular weight excluding hydrogens is 342 g/mol. The fraction of sp³-hybridized carbons (Fsp3) is 0.450. The molecule has 0 radical (unpaired) electrons. The summed E-state index contributed by atoms with van der Waals surface area (Å²) in [5.74, 6) is 0.352. The molecule has 1 aromatic carbocycles. The molecule has 1 amide bonds. The van der Waals surface area contributed by atoms with Crippen molar-refractivity contribution in [2.45, 2.75) is 43.8 Å². The summed E-state index contributed by atoms with van der Waals surface area (Å²) in [6, 6.07) is 10.7. The second-order valence-electron chi connectivity index (χ2n) is 7.10. The lowest BCUT2D eigenvalue weighted by molar-refractivity contribution is 0.0652. The van der Waals surface area contributed by atoms with E-state index < -0.39 is 0 Å². The fourth-order valence-corrected chi connectivity index (χ4v) is 3.45. The van der Waals surface area contributed by atoms with Gasteiger partial charge in [0.25, 0.3) is 5.91 Å². The number of nitrogens with one attached hydrogen (secondary N) is 3. The Labute approximate surface area is 158 Å². The Balaban J connectivity index is 1.29. The maximum absolute atomic E-state index is 12.5. The second-order valence-corrected chi connectivity index (χ2v) is 7.10. The third kappa shape index (κ3) is 4.61. The number of carbonyl (C=O) groups is 1. The molecule has 1 aromatic heterocycles. The third-order valence-corrected chi connectivity index (χ3v) is 5.21. The molecule has 27 heavy (non-hydrogen) atoms. The van der Waals surface area contributed by atoms with Gasteiger partial charge in [-0.15, -0.1) is 0 Å². The van der Waals surface area contributed by atoms with Crippen molar-refractivity contribution in [3.05, 3.63) is 48.3 Å². The van der Waals surface area contributed by atoms with Gasteiger partial charge < -0.3 is 20.7 Å². The van der Waals surface area contributed by atoms with Gasteiger partial charge in [0.1, 0.15) is 0 Å². The SMILES string of the molecule is O=C(N[C@H]1CC[C@H]1NC1CCOCC1)c1cnc(Nc2ccccc2)nc1. The Hall–Kier alpha value is -2.51. The lowest BCUT2D eigenvalue weighted by atomic mass is 9.85. The molecule has 2 heterocycles. The molecule has 4 rings (SSSR count). The van der Waals surface area contributed by atoms with E-state index in [2.05, 4.69) is 25.9 Å². The number of carbonyl (C=O) groups excluding carboxylic acids is 1. The van der Waals surface area contributed by atoms with Crippen molar-refractivity contribution in [2.75, 3.05) is 18.5 Å². The predicted molar refractivity (Wildman–Crippen MR) is 103 cm³/mol. The number of hydrogen-bond donors (Lipinski definition) is 3. The van der Waals surface area contributed by atoms with E-state index in [1.54, 1.807) is 12.4 Å². The van der Waals surface area contributed by atoms with Crippen LogP contribution in [0.3, 0.4) is 0 Å². The maximum atomic E-state index is 12.5. The molecule has 1 aliphatic heterocycles. The van der Waals surface area contributed by atoms with Crippen LogP contribution in [0.15, 0.2) is 42.7 Å². The molecule has 7 nitrogen and oxygen atoms in total. The lowest BCUT2D eigenvalue weighted by Crippen LogP contribution is -2.59. The molecule has 1 saturated carbocycles. The number of ether oxygens (including phenoxy) is 1. The largest absolute Gasteiger partial charge is 0.381 e. The average molecular weight is 367 g/mol. The molecule has 3 N–H and O–H groups in total. The quantitative estimate of drug-likeness (QED) is 0.726. The van der Waals surface area contributed by atoms with Crippen molar-refractivity contribution < 1.29 is 9.53 Å². The molecule has 0 spiro atoms. The minimum absolute atomic E-state index is 0.121. The lowest BCUT2D eigenvalue weighted by Gasteiger charge is -2.41. The number of anilines is 2. The molecule has 1 aliphatic carbocycles. The molecule has 1 saturated heterocycles. The number of rotatable bonds is 6. The first-order chi connectivity index (χ1) is 13.3. The first-order valence-corrected chi connectivity index (χ1v) is 9.57. The van der Waals surface area contributed by atoms with E-state index in [9.17, 15) is 4.79 Å². The predicted octanol–water partition coefficient (Wildman–Crippen LogP) is 2.25. The zero-order valence-corrected chi connectivity index (χ0v) is 15.2. The van der Waals surface area contributed by atoms with Gasteiger partial charge in [0.05, 0.1) is 5.56 Å². The number of benzene rings is 1. The van der Waals surface area contributed by atoms with Crippen molar-refractivity contribution in [1.82, 2.24) is 20.6 Å². The zero-order chi connectivity index (χ0) is 18.5. The highest BCUT2D eigenvalue weighted by molar-refractivity contribution is 5.94. The molecule has 2 aromatic rings. The Morgan fingerprint density at radius 1 is 0.963 bits per heavy atom. The first-order valence-electron chi connectivity index (χ1n) is 9.57. The van der Waals surface area contributed by atoms with Crippen LogP contribution in [0.4, 0.5) is 11.6 Å². The van der Waals surface area contributed by atoms with Gasteiger partial charge in [-0.2, -0.15) is 0 Å². The topological polar surface area (TPSA) is 88.2 Å². The van der Waals surface area contributed by atoms with E-state index in [4.69, 9.17) is 4.74 Å². The first kappa shape index (κ1) is 17.9. The Morgan fingerprint density at radius 2 is 1.67 bits per heavy atom. The van der Waals surface area contributed by atoms with Crippen molar-refractivity contribution in [3.8, 4) is 0 Å². The van der Waals surface area contributed by atoms with Crippen LogP contribution in [0.1, 0.15) is 36.0 Å². The van der Waals surface area contributed by atoms with E-state index >= 15 is 0 Å². The Morgan fingerprint density at radius 3 is 2.33 bits per heavy atom. The summed E-state index contributed by atoms with van der Waals surface area (Å²) in [4.78, 5) is 21.0. The summed E-state index contributed by atoms with van der Waals surface area (Å²) in [5, 5.41) is 9.88. The molecular formula is C20H25N5O2. The number of hydrogen-bond acceptors (Lipinski definition) is 6. The van der Waals surface area contributed by atoms with Gasteiger partial charge in [-0.05, 0) is 37.8 Å². The van der Waals surface area contributed by atoms with Gasteiger partial charge in [0.2, 0.25) is 5.95 Å². The van der Waals surface area contributed by atoms with Gasteiger partial charge in [-0.25, -0.2) is 9.97 Å². The van der Waals surface area contributed by atoms with Crippen molar-refractivity contribution >= 4 is 17.5 Å². The minimum Gasteiger partial charge on any atom is -0.381 e. The van der Waals surface area contributed by atoms with Gasteiger partial charge in [-0.1, -0.05) is 18.2 Å². The van der Waals surface area contributed by atoms with Crippen LogP contribution in [0, 0.1) is 0 Å². The highest BCUT2D eigenvalue weighted by Gasteiger charge is 2.34. The molecule has 2 fully saturated rings. The van der Waals surface area contributed by atoms with Crippen LogP contribution in [-0.4, -0.2) is 47.2 Å². The van der Waals surface area contributed by atoms with E-state index in [1.807, 2.05) is 30.3 Å². The van der Waals surface area contributed by atoms with E-state index in [0.717, 1.165) is 44.6 Å². The standard InChI is InChI=1S/C20H25N5O2/c26-19(25-18-7-6-17(18)23-16-8-10-27-11-9-16)14-12-21-20(22-13-14)24-15-4-2-1-3-5-15/h1-5,12-13,16-18,23H,6-11H2,(H,25,26)(H,21,22,24)/t17-,18+/m1/s1. The molecule has 2 atom stereocenters. The van der Waals surface area contributed by atoms with Crippen LogP contribution in [-0.2, 0) is 4.74 Å². The van der Waals surface area contributed by atoms with Gasteiger partial charge in [-0.3, -0.25) is 4.79 Å². The zero-order valence-electron chi connectivity index (χ0n) is 15.2. The molecule has 0 bridgehead atoms. The summed E-state index contributed by atoms with van der Waals surface area (Å²) >= 11 is 0.